The number of hydrogen-bond acceptors (Lipinski definition) is 3. The highest BCUT2D eigenvalue weighted by atomic mass is 16.2. The summed E-state index contributed by atoms with van der Waals surface area (Å²) in [7, 11) is 3.99. The summed E-state index contributed by atoms with van der Waals surface area (Å²) in [5, 5.41) is 3.10. The van der Waals surface area contributed by atoms with Gasteiger partial charge < -0.3 is 15.1 Å². The lowest BCUT2D eigenvalue weighted by atomic mass is 10.0. The van der Waals surface area contributed by atoms with E-state index in [1.807, 2.05) is 37.1 Å². The standard InChI is InChI=1S/C15H23N3O/c1-11-9-13(16-3)5-6-14(11)15(19)18-8-7-17(4)10-12(18)2/h5-6,9,12,16H,7-8,10H2,1-4H3. The van der Waals surface area contributed by atoms with Gasteiger partial charge in [-0.1, -0.05) is 0 Å². The van der Waals surface area contributed by atoms with Crippen molar-refractivity contribution in [2.24, 2.45) is 0 Å². The number of carbonyl (C=O) groups excluding carboxylic acids is 1. The molecule has 104 valence electrons. The molecule has 0 radical (unpaired) electrons. The van der Waals surface area contributed by atoms with Crippen LogP contribution in [0.25, 0.3) is 0 Å². The van der Waals surface area contributed by atoms with Crippen LogP contribution in [0.5, 0.6) is 0 Å². The minimum Gasteiger partial charge on any atom is -0.388 e. The van der Waals surface area contributed by atoms with Gasteiger partial charge in [0.25, 0.3) is 5.91 Å². The highest BCUT2D eigenvalue weighted by Gasteiger charge is 2.27. The van der Waals surface area contributed by atoms with Gasteiger partial charge in [0.05, 0.1) is 0 Å². The molecule has 1 aromatic rings. The van der Waals surface area contributed by atoms with Crippen molar-refractivity contribution >= 4 is 11.6 Å². The molecule has 0 spiro atoms. The van der Waals surface area contributed by atoms with E-state index in [0.717, 1.165) is 36.4 Å². The first-order valence-electron chi connectivity index (χ1n) is 6.81. The molecule has 1 aliphatic rings. The second kappa shape index (κ2) is 5.61. The van der Waals surface area contributed by atoms with Gasteiger partial charge in [-0.05, 0) is 44.7 Å². The zero-order valence-corrected chi connectivity index (χ0v) is 12.2. The average molecular weight is 261 g/mol. The molecule has 2 rings (SSSR count). The van der Waals surface area contributed by atoms with Gasteiger partial charge in [-0.15, -0.1) is 0 Å². The molecule has 1 heterocycles. The second-order valence-electron chi connectivity index (χ2n) is 5.39. The highest BCUT2D eigenvalue weighted by Crippen LogP contribution is 2.19. The van der Waals surface area contributed by atoms with Crippen molar-refractivity contribution in [1.29, 1.82) is 0 Å². The number of carbonyl (C=O) groups is 1. The maximum atomic E-state index is 12.6. The molecule has 1 aliphatic heterocycles. The maximum Gasteiger partial charge on any atom is 0.254 e. The lowest BCUT2D eigenvalue weighted by molar-refractivity contribution is 0.0533. The molecule has 1 aromatic carbocycles. The Kier molecular flexibility index (Phi) is 4.10. The van der Waals surface area contributed by atoms with Gasteiger partial charge in [-0.2, -0.15) is 0 Å². The van der Waals surface area contributed by atoms with Crippen LogP contribution in [0, 0.1) is 6.92 Å². The predicted octanol–water partition coefficient (Wildman–Crippen LogP) is 1.81. The molecule has 4 nitrogen and oxygen atoms in total. The summed E-state index contributed by atoms with van der Waals surface area (Å²) in [6, 6.07) is 6.18. The molecule has 1 fully saturated rings. The summed E-state index contributed by atoms with van der Waals surface area (Å²) in [5.74, 6) is 0.153. The number of likely N-dealkylation sites (N-methyl/N-ethyl adjacent to an activating group) is 1. The minimum absolute atomic E-state index is 0.153. The van der Waals surface area contributed by atoms with E-state index in [1.54, 1.807) is 0 Å². The van der Waals surface area contributed by atoms with Gasteiger partial charge in [-0.25, -0.2) is 0 Å². The van der Waals surface area contributed by atoms with Crippen LogP contribution in [0.3, 0.4) is 0 Å². The lowest BCUT2D eigenvalue weighted by Crippen LogP contribution is -2.52. The first kappa shape index (κ1) is 13.9. The van der Waals surface area contributed by atoms with E-state index in [9.17, 15) is 4.79 Å². The third-order valence-electron chi connectivity index (χ3n) is 3.84. The Balaban J connectivity index is 2.19. The molecule has 19 heavy (non-hydrogen) atoms. The number of aryl methyl sites for hydroxylation is 1. The Labute approximate surface area is 115 Å². The van der Waals surface area contributed by atoms with Crippen LogP contribution >= 0.6 is 0 Å². The van der Waals surface area contributed by atoms with Crippen LogP contribution in [-0.4, -0.2) is 55.5 Å². The van der Waals surface area contributed by atoms with E-state index >= 15 is 0 Å². The van der Waals surface area contributed by atoms with E-state index in [2.05, 4.69) is 24.2 Å². The fourth-order valence-corrected chi connectivity index (χ4v) is 2.66. The van der Waals surface area contributed by atoms with Crippen LogP contribution < -0.4 is 5.32 Å². The van der Waals surface area contributed by atoms with E-state index < -0.39 is 0 Å². The predicted molar refractivity (Wildman–Crippen MR) is 78.7 cm³/mol. The Morgan fingerprint density at radius 1 is 1.37 bits per heavy atom. The zero-order valence-electron chi connectivity index (χ0n) is 12.2. The van der Waals surface area contributed by atoms with Crippen molar-refractivity contribution in [3.05, 3.63) is 29.3 Å². The molecule has 4 heteroatoms. The second-order valence-corrected chi connectivity index (χ2v) is 5.39. The summed E-state index contributed by atoms with van der Waals surface area (Å²) in [4.78, 5) is 16.9. The number of nitrogens with one attached hydrogen (secondary N) is 1. The van der Waals surface area contributed by atoms with Crippen LogP contribution in [0.4, 0.5) is 5.69 Å². The van der Waals surface area contributed by atoms with Crippen molar-refractivity contribution in [3.8, 4) is 0 Å². The summed E-state index contributed by atoms with van der Waals surface area (Å²) in [6.45, 7) is 6.81. The maximum absolute atomic E-state index is 12.6. The fourth-order valence-electron chi connectivity index (χ4n) is 2.66. The average Bonchev–Trinajstić information content (AvgIpc) is 2.37. The van der Waals surface area contributed by atoms with E-state index in [4.69, 9.17) is 0 Å². The minimum atomic E-state index is 0.153. The topological polar surface area (TPSA) is 35.6 Å². The molecular weight excluding hydrogens is 238 g/mol. The Morgan fingerprint density at radius 2 is 2.11 bits per heavy atom. The van der Waals surface area contributed by atoms with Crippen molar-refractivity contribution in [2.75, 3.05) is 39.0 Å². The first-order chi connectivity index (χ1) is 9.02. The number of nitrogens with zero attached hydrogens (tertiary/aromatic N) is 2. The number of anilines is 1. The Bertz CT molecular complexity index is 472. The van der Waals surface area contributed by atoms with Crippen LogP contribution in [0.2, 0.25) is 0 Å². The molecule has 0 bridgehead atoms. The largest absolute Gasteiger partial charge is 0.388 e. The summed E-state index contributed by atoms with van der Waals surface area (Å²) >= 11 is 0. The molecule has 0 aliphatic carbocycles. The van der Waals surface area contributed by atoms with Crippen LogP contribution in [-0.2, 0) is 0 Å². The van der Waals surface area contributed by atoms with E-state index in [1.165, 1.54) is 0 Å². The lowest BCUT2D eigenvalue weighted by Gasteiger charge is -2.38. The molecule has 1 N–H and O–H groups in total. The van der Waals surface area contributed by atoms with Crippen molar-refractivity contribution in [3.63, 3.8) is 0 Å². The molecule has 1 unspecified atom stereocenters. The quantitative estimate of drug-likeness (QED) is 0.882. The van der Waals surface area contributed by atoms with Crippen molar-refractivity contribution < 1.29 is 4.79 Å². The van der Waals surface area contributed by atoms with E-state index in [0.29, 0.717) is 0 Å². The molecule has 0 aromatic heterocycles. The van der Waals surface area contributed by atoms with Gasteiger partial charge in [0, 0.05) is 44.0 Å². The normalized spacial score (nSPS) is 20.4. The summed E-state index contributed by atoms with van der Waals surface area (Å²) in [5.41, 5.74) is 2.89. The molecular formula is C15H23N3O. The smallest absolute Gasteiger partial charge is 0.254 e. The number of rotatable bonds is 2. The van der Waals surface area contributed by atoms with Gasteiger partial charge in [0.15, 0.2) is 0 Å². The van der Waals surface area contributed by atoms with Crippen molar-refractivity contribution in [1.82, 2.24) is 9.80 Å². The fraction of sp³-hybridized carbons (Fsp3) is 0.533. The third kappa shape index (κ3) is 2.89. The highest BCUT2D eigenvalue weighted by molar-refractivity contribution is 5.96. The zero-order chi connectivity index (χ0) is 14.0. The summed E-state index contributed by atoms with van der Waals surface area (Å²) in [6.07, 6.45) is 0. The molecule has 0 saturated carbocycles. The summed E-state index contributed by atoms with van der Waals surface area (Å²) < 4.78 is 0. The Morgan fingerprint density at radius 3 is 2.68 bits per heavy atom. The molecule has 1 amide bonds. The van der Waals surface area contributed by atoms with Gasteiger partial charge in [-0.3, -0.25) is 4.79 Å². The van der Waals surface area contributed by atoms with Crippen molar-refractivity contribution in [2.45, 2.75) is 19.9 Å². The molecule has 1 saturated heterocycles. The number of benzene rings is 1. The van der Waals surface area contributed by atoms with Crippen LogP contribution in [0.15, 0.2) is 18.2 Å². The first-order valence-corrected chi connectivity index (χ1v) is 6.81. The monoisotopic (exact) mass is 261 g/mol. The van der Waals surface area contributed by atoms with Gasteiger partial charge in [0.2, 0.25) is 0 Å². The van der Waals surface area contributed by atoms with Gasteiger partial charge >= 0.3 is 0 Å². The number of amides is 1. The molecule has 1 atom stereocenters. The number of hydrogen-bond donors (Lipinski definition) is 1. The Hall–Kier alpha value is -1.55. The number of piperazine rings is 1. The third-order valence-corrected chi connectivity index (χ3v) is 3.84. The SMILES string of the molecule is CNc1ccc(C(=O)N2CCN(C)CC2C)c(C)c1. The van der Waals surface area contributed by atoms with E-state index in [-0.39, 0.29) is 11.9 Å². The van der Waals surface area contributed by atoms with Gasteiger partial charge in [0.1, 0.15) is 0 Å². The van der Waals surface area contributed by atoms with Crippen LogP contribution in [0.1, 0.15) is 22.8 Å².